The van der Waals surface area contributed by atoms with Crippen LogP contribution in [-0.2, 0) is 16.4 Å². The summed E-state index contributed by atoms with van der Waals surface area (Å²) in [4.78, 5) is 10.4. The van der Waals surface area contributed by atoms with Gasteiger partial charge in [-0.1, -0.05) is 0 Å². The van der Waals surface area contributed by atoms with Crippen LogP contribution in [0.2, 0.25) is 0 Å². The number of furan rings is 1. The number of nitro groups is 1. The van der Waals surface area contributed by atoms with E-state index >= 15 is 0 Å². The molecule has 0 atom stereocenters. The number of halogens is 1. The van der Waals surface area contributed by atoms with Gasteiger partial charge in [0.15, 0.2) is 4.67 Å². The molecule has 0 bridgehead atoms. The maximum absolute atomic E-state index is 12.9. The maximum atomic E-state index is 12.9. The Morgan fingerprint density at radius 3 is 2.58 bits per heavy atom. The fraction of sp³-hybridized carbons (Fsp3) is 0.375. The van der Waals surface area contributed by atoms with Crippen molar-refractivity contribution in [2.75, 3.05) is 25.0 Å². The Morgan fingerprint density at radius 2 is 1.96 bits per heavy atom. The summed E-state index contributed by atoms with van der Waals surface area (Å²) in [6.07, 6.45) is 2.14. The summed E-state index contributed by atoms with van der Waals surface area (Å²) >= 11 is 3.23. The van der Waals surface area contributed by atoms with Crippen molar-refractivity contribution >= 4 is 37.3 Å². The van der Waals surface area contributed by atoms with Crippen LogP contribution in [0.25, 0.3) is 0 Å². The highest BCUT2D eigenvalue weighted by molar-refractivity contribution is 9.10. The van der Waals surface area contributed by atoms with Gasteiger partial charge in [-0.25, -0.2) is 8.42 Å². The third-order valence-corrected chi connectivity index (χ3v) is 6.54. The Balaban J connectivity index is 1.85. The van der Waals surface area contributed by atoms with Crippen LogP contribution in [0, 0.1) is 10.1 Å². The number of benzene rings is 1. The predicted molar refractivity (Wildman–Crippen MR) is 99.7 cm³/mol. The Bertz CT molecular complexity index is 906. The minimum atomic E-state index is -3.78. The average molecular weight is 444 g/mol. The number of anilines is 1. The van der Waals surface area contributed by atoms with Crippen LogP contribution < -0.4 is 5.32 Å². The largest absolute Gasteiger partial charge is 0.454 e. The lowest BCUT2D eigenvalue weighted by Crippen LogP contribution is -2.28. The second-order valence-corrected chi connectivity index (χ2v) is 8.62. The number of hydrogen-bond acceptors (Lipinski definition) is 6. The van der Waals surface area contributed by atoms with Crippen LogP contribution in [0.5, 0.6) is 0 Å². The zero-order valence-corrected chi connectivity index (χ0v) is 16.3. The second kappa shape index (κ2) is 7.77. The summed E-state index contributed by atoms with van der Waals surface area (Å²) in [5, 5.41) is 14.1. The van der Waals surface area contributed by atoms with Crippen LogP contribution in [-0.4, -0.2) is 37.3 Å². The van der Waals surface area contributed by atoms with E-state index < -0.39 is 14.9 Å². The molecule has 2 heterocycles. The summed E-state index contributed by atoms with van der Waals surface area (Å²) in [6.45, 7) is 1.30. The van der Waals surface area contributed by atoms with Crippen LogP contribution in [0.1, 0.15) is 18.6 Å². The molecule has 1 saturated heterocycles. The van der Waals surface area contributed by atoms with Gasteiger partial charge < -0.3 is 9.73 Å². The molecule has 1 N–H and O–H groups in total. The fourth-order valence-electron chi connectivity index (χ4n) is 2.86. The molecule has 0 unspecified atom stereocenters. The summed E-state index contributed by atoms with van der Waals surface area (Å²) < 4.78 is 33.2. The molecule has 3 rings (SSSR count). The van der Waals surface area contributed by atoms with Gasteiger partial charge in [0.05, 0.1) is 10.6 Å². The Hall–Kier alpha value is -1.91. The molecule has 2 aromatic rings. The zero-order valence-electron chi connectivity index (χ0n) is 13.9. The molecular weight excluding hydrogens is 426 g/mol. The Morgan fingerprint density at radius 1 is 1.23 bits per heavy atom. The molecule has 0 amide bonds. The van der Waals surface area contributed by atoms with Crippen molar-refractivity contribution in [1.29, 1.82) is 0 Å². The van der Waals surface area contributed by atoms with E-state index in [-0.39, 0.29) is 10.6 Å². The number of nitro benzene ring substituents is 1. The number of sulfonamides is 1. The Labute approximate surface area is 159 Å². The first-order valence-electron chi connectivity index (χ1n) is 8.14. The Kier molecular flexibility index (Phi) is 5.64. The van der Waals surface area contributed by atoms with Gasteiger partial charge >= 0.3 is 0 Å². The van der Waals surface area contributed by atoms with Crippen molar-refractivity contribution < 1.29 is 17.8 Å². The first-order valence-corrected chi connectivity index (χ1v) is 10.4. The third kappa shape index (κ3) is 4.08. The molecule has 0 spiro atoms. The van der Waals surface area contributed by atoms with Gasteiger partial charge in [-0.3, -0.25) is 10.1 Å². The maximum Gasteiger partial charge on any atom is 0.270 e. The number of rotatable bonds is 7. The molecule has 1 fully saturated rings. The third-order valence-electron chi connectivity index (χ3n) is 4.17. The number of nitrogens with zero attached hydrogens (tertiary/aromatic N) is 2. The van der Waals surface area contributed by atoms with E-state index in [0.717, 1.165) is 24.7 Å². The predicted octanol–water partition coefficient (Wildman–Crippen LogP) is 3.39. The molecule has 0 aliphatic carbocycles. The molecule has 140 valence electrons. The van der Waals surface area contributed by atoms with Crippen molar-refractivity contribution in [3.05, 3.63) is 50.9 Å². The van der Waals surface area contributed by atoms with Crippen LogP contribution in [0.4, 0.5) is 11.4 Å². The lowest BCUT2D eigenvalue weighted by atomic mass is 10.2. The zero-order chi connectivity index (χ0) is 18.7. The second-order valence-electron chi connectivity index (χ2n) is 5.93. The molecule has 10 heteroatoms. The first-order chi connectivity index (χ1) is 12.4. The van der Waals surface area contributed by atoms with Crippen LogP contribution >= 0.6 is 15.9 Å². The SMILES string of the molecule is O=[N+]([O-])c1ccc(NCCc2ccc(Br)o2)c(S(=O)(=O)N2CCCC2)c1. The molecular formula is C16H18BrN3O5S. The number of hydrogen-bond donors (Lipinski definition) is 1. The monoisotopic (exact) mass is 443 g/mol. The van der Waals surface area contributed by atoms with E-state index in [0.29, 0.717) is 36.4 Å². The molecule has 1 aliphatic rings. The standard InChI is InChI=1S/C16H18BrN3O5S/c17-16-6-4-13(25-16)7-8-18-14-5-3-12(20(21)22)11-15(14)26(23,24)19-9-1-2-10-19/h3-6,11,18H,1-2,7-10H2. The van der Waals surface area contributed by atoms with Crippen molar-refractivity contribution in [1.82, 2.24) is 4.31 Å². The number of nitrogens with one attached hydrogen (secondary N) is 1. The van der Waals surface area contributed by atoms with E-state index in [1.807, 2.05) is 6.07 Å². The van der Waals surface area contributed by atoms with Crippen molar-refractivity contribution in [3.63, 3.8) is 0 Å². The van der Waals surface area contributed by atoms with Gasteiger partial charge in [0, 0.05) is 38.2 Å². The fourth-order valence-corrected chi connectivity index (χ4v) is 4.90. The molecule has 0 radical (unpaired) electrons. The molecule has 8 nitrogen and oxygen atoms in total. The van der Waals surface area contributed by atoms with E-state index in [1.54, 1.807) is 6.07 Å². The average Bonchev–Trinajstić information content (AvgIpc) is 3.27. The topological polar surface area (TPSA) is 106 Å². The lowest BCUT2D eigenvalue weighted by Gasteiger charge is -2.18. The summed E-state index contributed by atoms with van der Waals surface area (Å²) in [6, 6.07) is 7.47. The van der Waals surface area contributed by atoms with E-state index in [9.17, 15) is 18.5 Å². The number of non-ortho nitro benzene ring substituents is 1. The first kappa shape index (κ1) is 18.9. The summed E-state index contributed by atoms with van der Waals surface area (Å²) in [5.74, 6) is 0.746. The summed E-state index contributed by atoms with van der Waals surface area (Å²) in [7, 11) is -3.78. The highest BCUT2D eigenvalue weighted by atomic mass is 79.9. The lowest BCUT2D eigenvalue weighted by molar-refractivity contribution is -0.385. The molecule has 0 saturated carbocycles. The highest BCUT2D eigenvalue weighted by Gasteiger charge is 2.30. The minimum absolute atomic E-state index is 0.0609. The quantitative estimate of drug-likeness (QED) is 0.519. The molecule has 1 aromatic carbocycles. The highest BCUT2D eigenvalue weighted by Crippen LogP contribution is 2.30. The van der Waals surface area contributed by atoms with E-state index in [4.69, 9.17) is 4.42 Å². The van der Waals surface area contributed by atoms with Gasteiger partial charge in [-0.05, 0) is 47.0 Å². The van der Waals surface area contributed by atoms with Crippen LogP contribution in [0.3, 0.4) is 0 Å². The molecule has 26 heavy (non-hydrogen) atoms. The van der Waals surface area contributed by atoms with E-state index in [1.165, 1.54) is 16.4 Å². The van der Waals surface area contributed by atoms with Gasteiger partial charge in [-0.2, -0.15) is 4.31 Å². The molecule has 1 aliphatic heterocycles. The van der Waals surface area contributed by atoms with Gasteiger partial charge in [0.25, 0.3) is 5.69 Å². The van der Waals surface area contributed by atoms with Crippen molar-refractivity contribution in [3.8, 4) is 0 Å². The minimum Gasteiger partial charge on any atom is -0.454 e. The van der Waals surface area contributed by atoms with Gasteiger partial charge in [-0.15, -0.1) is 0 Å². The normalized spacial score (nSPS) is 15.3. The van der Waals surface area contributed by atoms with Gasteiger partial charge in [0.2, 0.25) is 10.0 Å². The van der Waals surface area contributed by atoms with Gasteiger partial charge in [0.1, 0.15) is 10.7 Å². The van der Waals surface area contributed by atoms with Crippen molar-refractivity contribution in [2.45, 2.75) is 24.2 Å². The smallest absolute Gasteiger partial charge is 0.270 e. The van der Waals surface area contributed by atoms with Crippen LogP contribution in [0.15, 0.2) is 44.3 Å². The molecule has 1 aromatic heterocycles. The van der Waals surface area contributed by atoms with E-state index in [2.05, 4.69) is 21.2 Å². The summed E-state index contributed by atoms with van der Waals surface area (Å²) in [5.41, 5.74) is 0.108. The van der Waals surface area contributed by atoms with Crippen molar-refractivity contribution in [2.24, 2.45) is 0 Å².